The number of alkyl carbamates (subject to hydrolysis) is 2. The molecule has 0 aliphatic heterocycles. The van der Waals surface area contributed by atoms with Crippen LogP contribution in [0.15, 0.2) is 30.3 Å². The summed E-state index contributed by atoms with van der Waals surface area (Å²) >= 11 is 0. The molecule has 1 aromatic carbocycles. The summed E-state index contributed by atoms with van der Waals surface area (Å²) in [5.41, 5.74) is 0.560. The molecule has 0 spiro atoms. The van der Waals surface area contributed by atoms with E-state index in [0.717, 1.165) is 31.2 Å². The summed E-state index contributed by atoms with van der Waals surface area (Å²) in [4.78, 5) is 23.6. The molecule has 1 saturated carbocycles. The van der Waals surface area contributed by atoms with Gasteiger partial charge in [0.2, 0.25) is 0 Å². The third-order valence-electron chi connectivity index (χ3n) is 4.28. The van der Waals surface area contributed by atoms with Gasteiger partial charge in [-0.3, -0.25) is 0 Å². The highest BCUT2D eigenvalue weighted by molar-refractivity contribution is 5.68. The standard InChI is InChI=1S/C20H30N2O4/c1-20(2,3)26-19(24)22-14-16-9-11-17(12-10-16)25-18(23)21-13-15-7-5-4-6-8-15/h4-8,16-17H,9-14H2,1-3H3,(H,21,23)(H,22,24). The fraction of sp³-hybridized carbons (Fsp3) is 0.600. The van der Waals surface area contributed by atoms with Crippen LogP contribution in [0, 0.1) is 5.92 Å². The number of nitrogens with one attached hydrogen (secondary N) is 2. The van der Waals surface area contributed by atoms with E-state index in [1.807, 2.05) is 51.1 Å². The van der Waals surface area contributed by atoms with Gasteiger partial charge in [-0.05, 0) is 57.9 Å². The van der Waals surface area contributed by atoms with Gasteiger partial charge >= 0.3 is 12.2 Å². The molecule has 2 rings (SSSR count). The van der Waals surface area contributed by atoms with Gasteiger partial charge in [0.05, 0.1) is 0 Å². The molecule has 6 nitrogen and oxygen atoms in total. The van der Waals surface area contributed by atoms with Crippen LogP contribution in [-0.4, -0.2) is 30.4 Å². The van der Waals surface area contributed by atoms with Gasteiger partial charge in [0.15, 0.2) is 0 Å². The molecule has 0 radical (unpaired) electrons. The zero-order chi connectivity index (χ0) is 19.0. The monoisotopic (exact) mass is 362 g/mol. The van der Waals surface area contributed by atoms with Crippen molar-refractivity contribution in [3.8, 4) is 0 Å². The Morgan fingerprint density at radius 1 is 1.00 bits per heavy atom. The van der Waals surface area contributed by atoms with E-state index in [0.29, 0.717) is 19.0 Å². The number of hydrogen-bond acceptors (Lipinski definition) is 4. The Balaban J connectivity index is 1.60. The van der Waals surface area contributed by atoms with E-state index in [9.17, 15) is 9.59 Å². The topological polar surface area (TPSA) is 76.7 Å². The van der Waals surface area contributed by atoms with Crippen molar-refractivity contribution in [3.05, 3.63) is 35.9 Å². The number of carbonyl (C=O) groups excluding carboxylic acids is 2. The van der Waals surface area contributed by atoms with Crippen molar-refractivity contribution in [2.45, 2.75) is 64.7 Å². The Kier molecular flexibility index (Phi) is 7.30. The molecule has 0 aromatic heterocycles. The molecule has 1 aliphatic carbocycles. The number of amides is 2. The van der Waals surface area contributed by atoms with Crippen LogP contribution in [0.25, 0.3) is 0 Å². The third kappa shape index (κ3) is 7.76. The first kappa shape index (κ1) is 20.1. The highest BCUT2D eigenvalue weighted by Crippen LogP contribution is 2.26. The van der Waals surface area contributed by atoms with Crippen molar-refractivity contribution < 1.29 is 19.1 Å². The smallest absolute Gasteiger partial charge is 0.407 e. The van der Waals surface area contributed by atoms with Crippen LogP contribution in [0.3, 0.4) is 0 Å². The number of benzene rings is 1. The molecule has 0 unspecified atom stereocenters. The summed E-state index contributed by atoms with van der Waals surface area (Å²) in [6.07, 6.45) is 2.68. The van der Waals surface area contributed by atoms with E-state index in [1.165, 1.54) is 0 Å². The first-order chi connectivity index (χ1) is 12.3. The molecular formula is C20H30N2O4. The molecule has 6 heteroatoms. The summed E-state index contributed by atoms with van der Waals surface area (Å²) in [6.45, 7) is 6.60. The largest absolute Gasteiger partial charge is 0.446 e. The second kappa shape index (κ2) is 9.46. The van der Waals surface area contributed by atoms with Crippen LogP contribution in [0.2, 0.25) is 0 Å². The van der Waals surface area contributed by atoms with Crippen molar-refractivity contribution in [3.63, 3.8) is 0 Å². The minimum atomic E-state index is -0.483. The zero-order valence-electron chi connectivity index (χ0n) is 15.9. The Labute approximate surface area is 155 Å². The highest BCUT2D eigenvalue weighted by atomic mass is 16.6. The van der Waals surface area contributed by atoms with Crippen LogP contribution in [0.1, 0.15) is 52.0 Å². The maximum atomic E-state index is 11.9. The van der Waals surface area contributed by atoms with Crippen molar-refractivity contribution in [1.29, 1.82) is 0 Å². The lowest BCUT2D eigenvalue weighted by Gasteiger charge is -2.28. The predicted octanol–water partition coefficient (Wildman–Crippen LogP) is 4.00. The Morgan fingerprint density at radius 3 is 2.27 bits per heavy atom. The van der Waals surface area contributed by atoms with Crippen molar-refractivity contribution in [2.75, 3.05) is 6.54 Å². The summed E-state index contributed by atoms with van der Waals surface area (Å²) in [6, 6.07) is 9.74. The molecule has 0 bridgehead atoms. The average molecular weight is 362 g/mol. The van der Waals surface area contributed by atoms with E-state index in [2.05, 4.69) is 10.6 Å². The first-order valence-electron chi connectivity index (χ1n) is 9.27. The number of rotatable bonds is 5. The molecule has 1 aliphatic rings. The Morgan fingerprint density at radius 2 is 1.65 bits per heavy atom. The molecule has 0 atom stereocenters. The molecule has 26 heavy (non-hydrogen) atoms. The van der Waals surface area contributed by atoms with Gasteiger partial charge in [-0.2, -0.15) is 0 Å². The van der Waals surface area contributed by atoms with Crippen molar-refractivity contribution in [2.24, 2.45) is 5.92 Å². The van der Waals surface area contributed by atoms with E-state index >= 15 is 0 Å². The lowest BCUT2D eigenvalue weighted by Crippen LogP contribution is -2.37. The number of hydrogen-bond donors (Lipinski definition) is 2. The van der Waals surface area contributed by atoms with Crippen molar-refractivity contribution in [1.82, 2.24) is 10.6 Å². The zero-order valence-corrected chi connectivity index (χ0v) is 15.9. The van der Waals surface area contributed by atoms with Crippen LogP contribution in [-0.2, 0) is 16.0 Å². The number of ether oxygens (including phenoxy) is 2. The van der Waals surface area contributed by atoms with E-state index in [-0.39, 0.29) is 18.3 Å². The number of carbonyl (C=O) groups is 2. The lowest BCUT2D eigenvalue weighted by atomic mass is 9.87. The molecule has 1 fully saturated rings. The maximum absolute atomic E-state index is 11.9. The van der Waals surface area contributed by atoms with Gasteiger partial charge in [0.25, 0.3) is 0 Å². The quantitative estimate of drug-likeness (QED) is 0.830. The summed E-state index contributed by atoms with van der Waals surface area (Å²) in [7, 11) is 0. The molecule has 144 valence electrons. The summed E-state index contributed by atoms with van der Waals surface area (Å²) in [5, 5.41) is 5.61. The van der Waals surface area contributed by atoms with Crippen LogP contribution in [0.5, 0.6) is 0 Å². The fourth-order valence-electron chi connectivity index (χ4n) is 2.96. The van der Waals surface area contributed by atoms with Gasteiger partial charge in [-0.1, -0.05) is 30.3 Å². The first-order valence-corrected chi connectivity index (χ1v) is 9.27. The van der Waals surface area contributed by atoms with Gasteiger partial charge < -0.3 is 20.1 Å². The van der Waals surface area contributed by atoms with Gasteiger partial charge in [0.1, 0.15) is 11.7 Å². The maximum Gasteiger partial charge on any atom is 0.407 e. The molecule has 0 heterocycles. The normalized spacial score (nSPS) is 20.1. The third-order valence-corrected chi connectivity index (χ3v) is 4.28. The van der Waals surface area contributed by atoms with Crippen molar-refractivity contribution >= 4 is 12.2 Å². The molecular weight excluding hydrogens is 332 g/mol. The Hall–Kier alpha value is -2.24. The fourth-order valence-corrected chi connectivity index (χ4v) is 2.96. The SMILES string of the molecule is CC(C)(C)OC(=O)NCC1CCC(OC(=O)NCc2ccccc2)CC1. The average Bonchev–Trinajstić information content (AvgIpc) is 2.59. The van der Waals surface area contributed by atoms with E-state index in [4.69, 9.17) is 9.47 Å². The van der Waals surface area contributed by atoms with E-state index in [1.54, 1.807) is 0 Å². The predicted molar refractivity (Wildman–Crippen MR) is 99.7 cm³/mol. The molecule has 2 amide bonds. The second-order valence-corrected chi connectivity index (χ2v) is 7.77. The molecule has 0 saturated heterocycles. The Bertz CT molecular complexity index is 575. The van der Waals surface area contributed by atoms with Gasteiger partial charge in [-0.25, -0.2) is 9.59 Å². The van der Waals surface area contributed by atoms with Crippen LogP contribution >= 0.6 is 0 Å². The summed E-state index contributed by atoms with van der Waals surface area (Å²) < 4.78 is 10.7. The van der Waals surface area contributed by atoms with Crippen LogP contribution < -0.4 is 10.6 Å². The molecule has 1 aromatic rings. The minimum absolute atomic E-state index is 0.0523. The van der Waals surface area contributed by atoms with E-state index < -0.39 is 5.60 Å². The van der Waals surface area contributed by atoms with Crippen LogP contribution in [0.4, 0.5) is 9.59 Å². The van der Waals surface area contributed by atoms with Gasteiger partial charge in [0, 0.05) is 13.1 Å². The molecule has 2 N–H and O–H groups in total. The highest BCUT2D eigenvalue weighted by Gasteiger charge is 2.25. The minimum Gasteiger partial charge on any atom is -0.446 e. The second-order valence-electron chi connectivity index (χ2n) is 7.77. The van der Waals surface area contributed by atoms with Gasteiger partial charge in [-0.15, -0.1) is 0 Å². The summed E-state index contributed by atoms with van der Waals surface area (Å²) in [5.74, 6) is 0.398. The lowest BCUT2D eigenvalue weighted by molar-refractivity contribution is 0.0486.